The van der Waals surface area contributed by atoms with Crippen LogP contribution in [0.4, 0.5) is 5.69 Å². The van der Waals surface area contributed by atoms with Gasteiger partial charge in [0.15, 0.2) is 0 Å². The Hall–Kier alpha value is -1.87. The number of carbonyl (C=O) groups excluding carboxylic acids is 1. The van der Waals surface area contributed by atoms with Crippen LogP contribution in [0.15, 0.2) is 47.2 Å². The number of rotatable bonds is 5. The molecule has 2 nitrogen and oxygen atoms in total. The van der Waals surface area contributed by atoms with E-state index in [4.69, 9.17) is 0 Å². The molecule has 0 bridgehead atoms. The van der Waals surface area contributed by atoms with Crippen LogP contribution in [0.25, 0.3) is 6.08 Å². The van der Waals surface area contributed by atoms with Gasteiger partial charge in [0.25, 0.3) is 0 Å². The Labute approximate surface area is 124 Å². The first-order chi connectivity index (χ1) is 9.70. The summed E-state index contributed by atoms with van der Waals surface area (Å²) in [6, 6.07) is 9.98. The van der Waals surface area contributed by atoms with Gasteiger partial charge in [-0.25, -0.2) is 0 Å². The fraction of sp³-hybridized carbons (Fsp3) is 0.235. The van der Waals surface area contributed by atoms with Gasteiger partial charge in [-0.05, 0) is 52.4 Å². The minimum absolute atomic E-state index is 0.0908. The smallest absolute Gasteiger partial charge is 0.248 e. The fourth-order valence-corrected chi connectivity index (χ4v) is 2.61. The fourth-order valence-electron chi connectivity index (χ4n) is 1.98. The van der Waals surface area contributed by atoms with Gasteiger partial charge in [-0.15, -0.1) is 0 Å². The summed E-state index contributed by atoms with van der Waals surface area (Å²) in [5, 5.41) is 6.97. The van der Waals surface area contributed by atoms with Gasteiger partial charge in [-0.3, -0.25) is 4.79 Å². The molecule has 0 aliphatic carbocycles. The van der Waals surface area contributed by atoms with Gasteiger partial charge in [0.1, 0.15) is 0 Å². The lowest BCUT2D eigenvalue weighted by molar-refractivity contribution is -0.111. The molecule has 0 spiro atoms. The third-order valence-electron chi connectivity index (χ3n) is 3.33. The summed E-state index contributed by atoms with van der Waals surface area (Å²) in [4.78, 5) is 12.0. The maximum atomic E-state index is 12.0. The molecular formula is C17H19NOS. The molecule has 0 aliphatic heterocycles. The predicted molar refractivity (Wildman–Crippen MR) is 87.1 cm³/mol. The molecule has 1 amide bonds. The molecule has 2 aromatic rings. The maximum absolute atomic E-state index is 12.0. The number of hydrogen-bond acceptors (Lipinski definition) is 2. The number of carbonyl (C=O) groups is 1. The Balaban J connectivity index is 2.08. The molecule has 104 valence electrons. The third kappa shape index (κ3) is 3.81. The third-order valence-corrected chi connectivity index (χ3v) is 4.03. The van der Waals surface area contributed by atoms with Gasteiger partial charge in [0, 0.05) is 11.8 Å². The molecule has 1 unspecified atom stereocenters. The maximum Gasteiger partial charge on any atom is 0.248 e. The summed E-state index contributed by atoms with van der Waals surface area (Å²) < 4.78 is 0. The van der Waals surface area contributed by atoms with Crippen LogP contribution >= 0.6 is 11.3 Å². The summed E-state index contributed by atoms with van der Waals surface area (Å²) in [6.45, 7) is 4.33. The summed E-state index contributed by atoms with van der Waals surface area (Å²) in [5.41, 5.74) is 3.15. The predicted octanol–water partition coefficient (Wildman–Crippen LogP) is 4.91. The number of amides is 1. The van der Waals surface area contributed by atoms with Crippen molar-refractivity contribution in [2.24, 2.45) is 0 Å². The summed E-state index contributed by atoms with van der Waals surface area (Å²) in [7, 11) is 0. The number of para-hydroxylation sites is 1. The Kier molecular flexibility index (Phi) is 5.13. The molecular weight excluding hydrogens is 266 g/mol. The molecule has 0 fully saturated rings. The normalized spacial score (nSPS) is 12.5. The molecule has 3 heteroatoms. The summed E-state index contributed by atoms with van der Waals surface area (Å²) >= 11 is 1.62. The van der Waals surface area contributed by atoms with Crippen molar-refractivity contribution in [1.82, 2.24) is 0 Å². The first-order valence-electron chi connectivity index (χ1n) is 6.81. The van der Waals surface area contributed by atoms with Crippen molar-refractivity contribution >= 4 is 29.0 Å². The van der Waals surface area contributed by atoms with E-state index in [2.05, 4.69) is 25.2 Å². The van der Waals surface area contributed by atoms with Crippen LogP contribution < -0.4 is 5.32 Å². The van der Waals surface area contributed by atoms with Gasteiger partial charge in [0.2, 0.25) is 5.91 Å². The zero-order valence-corrected chi connectivity index (χ0v) is 12.6. The van der Waals surface area contributed by atoms with Crippen LogP contribution in [0.2, 0.25) is 0 Å². The van der Waals surface area contributed by atoms with Crippen molar-refractivity contribution in [3.05, 3.63) is 58.3 Å². The Morgan fingerprint density at radius 2 is 2.15 bits per heavy atom. The first-order valence-corrected chi connectivity index (χ1v) is 7.75. The molecule has 2 rings (SSSR count). The van der Waals surface area contributed by atoms with E-state index in [1.807, 2.05) is 41.1 Å². The number of nitrogens with one attached hydrogen (secondary N) is 1. The second-order valence-electron chi connectivity index (χ2n) is 4.78. The Morgan fingerprint density at radius 3 is 2.85 bits per heavy atom. The molecule has 1 atom stereocenters. The molecule has 1 N–H and O–H groups in total. The quantitative estimate of drug-likeness (QED) is 0.777. The molecule has 0 radical (unpaired) electrons. The number of thiophene rings is 1. The lowest BCUT2D eigenvalue weighted by atomic mass is 9.97. The number of benzene rings is 1. The average molecular weight is 285 g/mol. The van der Waals surface area contributed by atoms with Crippen molar-refractivity contribution in [2.75, 3.05) is 5.32 Å². The monoisotopic (exact) mass is 285 g/mol. The van der Waals surface area contributed by atoms with E-state index in [1.54, 1.807) is 17.4 Å². The average Bonchev–Trinajstić information content (AvgIpc) is 2.98. The lowest BCUT2D eigenvalue weighted by Gasteiger charge is -2.14. The van der Waals surface area contributed by atoms with E-state index in [-0.39, 0.29) is 5.91 Å². The zero-order valence-electron chi connectivity index (χ0n) is 11.8. The van der Waals surface area contributed by atoms with Crippen LogP contribution in [0, 0.1) is 0 Å². The molecule has 20 heavy (non-hydrogen) atoms. The molecule has 0 saturated carbocycles. The highest BCUT2D eigenvalue weighted by Gasteiger charge is 2.09. The summed E-state index contributed by atoms with van der Waals surface area (Å²) in [5.74, 6) is 0.347. The van der Waals surface area contributed by atoms with Gasteiger partial charge >= 0.3 is 0 Å². The molecule has 1 heterocycles. The number of anilines is 1. The highest BCUT2D eigenvalue weighted by atomic mass is 32.1. The zero-order chi connectivity index (χ0) is 14.4. The van der Waals surface area contributed by atoms with Crippen molar-refractivity contribution in [3.8, 4) is 0 Å². The second kappa shape index (κ2) is 7.06. The second-order valence-corrected chi connectivity index (χ2v) is 5.56. The highest BCUT2D eigenvalue weighted by Crippen LogP contribution is 2.26. The molecule has 1 aromatic carbocycles. The Bertz CT molecular complexity index is 587. The van der Waals surface area contributed by atoms with E-state index in [9.17, 15) is 4.79 Å². The minimum atomic E-state index is -0.0908. The SMILES string of the molecule is CCC(C)c1ccccc1NC(=O)/C=C/c1ccsc1. The number of hydrogen-bond donors (Lipinski definition) is 1. The van der Waals surface area contributed by atoms with Gasteiger partial charge in [0.05, 0.1) is 0 Å². The van der Waals surface area contributed by atoms with E-state index < -0.39 is 0 Å². The van der Waals surface area contributed by atoms with Crippen molar-refractivity contribution in [2.45, 2.75) is 26.2 Å². The largest absolute Gasteiger partial charge is 0.322 e. The summed E-state index contributed by atoms with van der Waals surface area (Å²) in [6.07, 6.45) is 4.46. The van der Waals surface area contributed by atoms with Gasteiger partial charge in [-0.1, -0.05) is 32.0 Å². The van der Waals surface area contributed by atoms with Crippen LogP contribution in [0.5, 0.6) is 0 Å². The van der Waals surface area contributed by atoms with E-state index >= 15 is 0 Å². The van der Waals surface area contributed by atoms with Crippen molar-refractivity contribution in [1.29, 1.82) is 0 Å². The van der Waals surface area contributed by atoms with Crippen molar-refractivity contribution in [3.63, 3.8) is 0 Å². The van der Waals surface area contributed by atoms with E-state index in [1.165, 1.54) is 5.56 Å². The highest BCUT2D eigenvalue weighted by molar-refractivity contribution is 7.08. The Morgan fingerprint density at radius 1 is 1.35 bits per heavy atom. The van der Waals surface area contributed by atoms with Crippen LogP contribution in [0.1, 0.15) is 37.3 Å². The molecule has 0 aliphatic rings. The van der Waals surface area contributed by atoms with E-state index in [0.717, 1.165) is 17.7 Å². The molecule has 0 saturated heterocycles. The van der Waals surface area contributed by atoms with Crippen LogP contribution in [-0.2, 0) is 4.79 Å². The van der Waals surface area contributed by atoms with Gasteiger partial charge in [-0.2, -0.15) is 11.3 Å². The molecule has 1 aromatic heterocycles. The van der Waals surface area contributed by atoms with Crippen LogP contribution in [-0.4, -0.2) is 5.91 Å². The van der Waals surface area contributed by atoms with Gasteiger partial charge < -0.3 is 5.32 Å². The minimum Gasteiger partial charge on any atom is -0.322 e. The standard InChI is InChI=1S/C17H19NOS/c1-3-13(2)15-6-4-5-7-16(15)18-17(19)9-8-14-10-11-20-12-14/h4-13H,3H2,1-2H3,(H,18,19)/b9-8+. The first kappa shape index (κ1) is 14.5. The van der Waals surface area contributed by atoms with Crippen molar-refractivity contribution < 1.29 is 4.79 Å². The van der Waals surface area contributed by atoms with E-state index in [0.29, 0.717) is 5.92 Å². The lowest BCUT2D eigenvalue weighted by Crippen LogP contribution is -2.10. The topological polar surface area (TPSA) is 29.1 Å². The van der Waals surface area contributed by atoms with Crippen LogP contribution in [0.3, 0.4) is 0 Å².